The standard InChI is InChI=1S/C26H36N3O3/c1-29(16-14-21-17-27-20-28-18-21)15-8-13-24(19-29)32-25(30)26(31,22-9-4-2-5-10-22)23-11-6-3-7-12-23/h2,4-5,9-10,17-18,20,23-24,31H,3,6-8,11-16,19H2,1H3/q+1/t24-,26?,29?/m1/s1. The summed E-state index contributed by atoms with van der Waals surface area (Å²) in [6, 6.07) is 9.41. The van der Waals surface area contributed by atoms with Gasteiger partial charge in [-0.15, -0.1) is 0 Å². The minimum absolute atomic E-state index is 0.0892. The van der Waals surface area contributed by atoms with Crippen LogP contribution in [0.4, 0.5) is 0 Å². The number of piperidine rings is 1. The van der Waals surface area contributed by atoms with Crippen LogP contribution in [-0.2, 0) is 21.6 Å². The quantitative estimate of drug-likeness (QED) is 0.528. The molecular formula is C26H36N3O3+. The van der Waals surface area contributed by atoms with E-state index >= 15 is 0 Å². The molecule has 1 saturated carbocycles. The molecular weight excluding hydrogens is 402 g/mol. The first kappa shape index (κ1) is 22.9. The van der Waals surface area contributed by atoms with Gasteiger partial charge in [0.15, 0.2) is 11.7 Å². The predicted molar refractivity (Wildman–Crippen MR) is 123 cm³/mol. The number of ether oxygens (including phenoxy) is 1. The largest absolute Gasteiger partial charge is 0.454 e. The summed E-state index contributed by atoms with van der Waals surface area (Å²) >= 11 is 0. The SMILES string of the molecule is C[N+]1(CCc2cncnc2)CCC[C@@H](OC(=O)C(O)(c2ccccc2)C2CCCCC2)C1. The number of carbonyl (C=O) groups excluding carboxylic acids is 1. The van der Waals surface area contributed by atoms with Gasteiger partial charge in [0.25, 0.3) is 0 Å². The Balaban J connectivity index is 1.45. The van der Waals surface area contributed by atoms with Gasteiger partial charge < -0.3 is 14.3 Å². The zero-order valence-corrected chi connectivity index (χ0v) is 19.2. The van der Waals surface area contributed by atoms with Crippen LogP contribution in [0, 0.1) is 5.92 Å². The molecule has 2 heterocycles. The number of hydrogen-bond donors (Lipinski definition) is 1. The lowest BCUT2D eigenvalue weighted by molar-refractivity contribution is -0.916. The van der Waals surface area contributed by atoms with Gasteiger partial charge in [-0.2, -0.15) is 0 Å². The summed E-state index contributed by atoms with van der Waals surface area (Å²) in [5.41, 5.74) is 0.222. The summed E-state index contributed by atoms with van der Waals surface area (Å²) < 4.78 is 6.93. The second-order valence-corrected chi connectivity index (χ2v) is 9.88. The molecule has 1 aliphatic carbocycles. The van der Waals surface area contributed by atoms with Gasteiger partial charge in [-0.3, -0.25) is 0 Å². The number of benzene rings is 1. The zero-order chi connectivity index (χ0) is 22.4. The van der Waals surface area contributed by atoms with Crippen molar-refractivity contribution in [2.24, 2.45) is 5.92 Å². The molecule has 6 nitrogen and oxygen atoms in total. The summed E-state index contributed by atoms with van der Waals surface area (Å²) in [4.78, 5) is 21.7. The summed E-state index contributed by atoms with van der Waals surface area (Å²) in [7, 11) is 2.23. The minimum atomic E-state index is -1.57. The lowest BCUT2D eigenvalue weighted by atomic mass is 9.73. The highest BCUT2D eigenvalue weighted by molar-refractivity contribution is 5.81. The highest BCUT2D eigenvalue weighted by Crippen LogP contribution is 2.41. The molecule has 0 amide bonds. The number of rotatable bonds is 7. The van der Waals surface area contributed by atoms with E-state index in [1.54, 1.807) is 6.33 Å². The zero-order valence-electron chi connectivity index (χ0n) is 19.2. The number of likely N-dealkylation sites (N-methyl/N-ethyl adjacent to an activating group) is 1. The van der Waals surface area contributed by atoms with Crippen LogP contribution in [0.3, 0.4) is 0 Å². The van der Waals surface area contributed by atoms with Gasteiger partial charge in [-0.1, -0.05) is 49.6 Å². The molecule has 0 spiro atoms. The van der Waals surface area contributed by atoms with Crippen LogP contribution in [0.5, 0.6) is 0 Å². The van der Waals surface area contributed by atoms with Crippen molar-refractivity contribution < 1.29 is 19.1 Å². The Morgan fingerprint density at radius 2 is 1.81 bits per heavy atom. The summed E-state index contributed by atoms with van der Waals surface area (Å²) in [6.07, 6.45) is 12.9. The molecule has 3 atom stereocenters. The highest BCUT2D eigenvalue weighted by Gasteiger charge is 2.48. The van der Waals surface area contributed by atoms with E-state index in [0.29, 0.717) is 5.56 Å². The van der Waals surface area contributed by atoms with Crippen molar-refractivity contribution in [2.45, 2.75) is 63.1 Å². The van der Waals surface area contributed by atoms with Crippen molar-refractivity contribution in [3.05, 3.63) is 60.2 Å². The van der Waals surface area contributed by atoms with Crippen molar-refractivity contribution in [1.29, 1.82) is 0 Å². The average molecular weight is 439 g/mol. The van der Waals surface area contributed by atoms with Crippen molar-refractivity contribution in [1.82, 2.24) is 9.97 Å². The number of nitrogens with zero attached hydrogens (tertiary/aromatic N) is 3. The first-order valence-corrected chi connectivity index (χ1v) is 12.1. The van der Waals surface area contributed by atoms with E-state index in [1.165, 1.54) is 6.42 Å². The molecule has 4 rings (SSSR count). The van der Waals surface area contributed by atoms with E-state index < -0.39 is 11.6 Å². The molecule has 172 valence electrons. The van der Waals surface area contributed by atoms with Crippen molar-refractivity contribution in [3.8, 4) is 0 Å². The van der Waals surface area contributed by atoms with E-state index in [1.807, 2.05) is 42.7 Å². The van der Waals surface area contributed by atoms with E-state index in [9.17, 15) is 9.90 Å². The topological polar surface area (TPSA) is 72.3 Å². The lowest BCUT2D eigenvalue weighted by Gasteiger charge is -2.42. The molecule has 2 aromatic rings. The first-order valence-electron chi connectivity index (χ1n) is 12.1. The highest BCUT2D eigenvalue weighted by atomic mass is 16.6. The molecule has 1 aromatic heterocycles. The number of likely N-dealkylation sites (tertiary alicyclic amines) is 1. The van der Waals surface area contributed by atoms with Gasteiger partial charge in [0, 0.05) is 31.2 Å². The molecule has 6 heteroatoms. The third kappa shape index (κ3) is 5.18. The van der Waals surface area contributed by atoms with Crippen LogP contribution in [0.25, 0.3) is 0 Å². The number of carbonyl (C=O) groups is 1. The number of quaternary nitrogens is 1. The summed E-state index contributed by atoms with van der Waals surface area (Å²) in [6.45, 7) is 2.79. The maximum absolute atomic E-state index is 13.5. The maximum atomic E-state index is 13.5. The van der Waals surface area contributed by atoms with Crippen LogP contribution < -0.4 is 0 Å². The Morgan fingerprint density at radius 3 is 2.53 bits per heavy atom. The lowest BCUT2D eigenvalue weighted by Crippen LogP contribution is -2.56. The van der Waals surface area contributed by atoms with Crippen molar-refractivity contribution in [2.75, 3.05) is 26.7 Å². The summed E-state index contributed by atoms with van der Waals surface area (Å²) in [5.74, 6) is -0.556. The summed E-state index contributed by atoms with van der Waals surface area (Å²) in [5, 5.41) is 11.8. The van der Waals surface area contributed by atoms with Gasteiger partial charge in [-0.05, 0) is 30.4 Å². The molecule has 1 N–H and O–H groups in total. The molecule has 32 heavy (non-hydrogen) atoms. The van der Waals surface area contributed by atoms with Crippen LogP contribution in [0.15, 0.2) is 49.1 Å². The fourth-order valence-corrected chi connectivity index (χ4v) is 5.51. The fourth-order valence-electron chi connectivity index (χ4n) is 5.51. The smallest absolute Gasteiger partial charge is 0.343 e. The second-order valence-electron chi connectivity index (χ2n) is 9.88. The normalized spacial score (nSPS) is 26.2. The molecule has 1 aromatic carbocycles. The molecule has 0 bridgehead atoms. The van der Waals surface area contributed by atoms with Gasteiger partial charge >= 0.3 is 5.97 Å². The van der Waals surface area contributed by atoms with E-state index in [0.717, 1.165) is 74.6 Å². The fraction of sp³-hybridized carbons (Fsp3) is 0.577. The average Bonchev–Trinajstić information content (AvgIpc) is 2.84. The second kappa shape index (κ2) is 10.1. The Morgan fingerprint density at radius 1 is 1.09 bits per heavy atom. The van der Waals surface area contributed by atoms with Crippen molar-refractivity contribution in [3.63, 3.8) is 0 Å². The van der Waals surface area contributed by atoms with Crippen LogP contribution in [0.1, 0.15) is 56.1 Å². The minimum Gasteiger partial charge on any atom is -0.454 e. The first-order chi connectivity index (χ1) is 15.5. The Kier molecular flexibility index (Phi) is 7.21. The van der Waals surface area contributed by atoms with Crippen molar-refractivity contribution >= 4 is 5.97 Å². The molecule has 1 aliphatic heterocycles. The van der Waals surface area contributed by atoms with Crippen LogP contribution in [0.2, 0.25) is 0 Å². The Bertz CT molecular complexity index is 872. The Hall–Kier alpha value is -2.31. The monoisotopic (exact) mass is 438 g/mol. The van der Waals surface area contributed by atoms with E-state index in [2.05, 4.69) is 17.0 Å². The van der Waals surface area contributed by atoms with E-state index in [4.69, 9.17) is 4.74 Å². The van der Waals surface area contributed by atoms with Gasteiger partial charge in [0.1, 0.15) is 12.9 Å². The third-order valence-corrected chi connectivity index (χ3v) is 7.42. The molecule has 0 radical (unpaired) electrons. The van der Waals surface area contributed by atoms with Crippen LogP contribution in [-0.4, -0.2) is 58.3 Å². The molecule has 2 fully saturated rings. The molecule has 2 unspecified atom stereocenters. The number of aromatic nitrogens is 2. The Labute approximate surface area is 191 Å². The third-order valence-electron chi connectivity index (χ3n) is 7.42. The maximum Gasteiger partial charge on any atom is 0.343 e. The number of aliphatic hydroxyl groups is 1. The van der Waals surface area contributed by atoms with Gasteiger partial charge in [0.05, 0.1) is 20.1 Å². The molecule has 1 saturated heterocycles. The van der Waals surface area contributed by atoms with Gasteiger partial charge in [0.2, 0.25) is 0 Å². The molecule has 2 aliphatic rings. The number of esters is 1. The van der Waals surface area contributed by atoms with E-state index in [-0.39, 0.29) is 12.0 Å². The van der Waals surface area contributed by atoms with Gasteiger partial charge in [-0.25, -0.2) is 14.8 Å². The predicted octanol–water partition coefficient (Wildman–Crippen LogP) is 3.64. The number of hydrogen-bond acceptors (Lipinski definition) is 5. The van der Waals surface area contributed by atoms with Crippen LogP contribution >= 0.6 is 0 Å².